The Morgan fingerprint density at radius 2 is 1.93 bits per heavy atom. The third-order valence-electron chi connectivity index (χ3n) is 4.81. The Morgan fingerprint density at radius 3 is 2.73 bits per heavy atom. The Morgan fingerprint density at radius 1 is 1.03 bits per heavy atom. The zero-order valence-electron chi connectivity index (χ0n) is 16.7. The number of benzene rings is 1. The van der Waals surface area contributed by atoms with Crippen molar-refractivity contribution in [3.8, 4) is 33.7 Å². The van der Waals surface area contributed by atoms with E-state index < -0.39 is 0 Å². The minimum Gasteiger partial charge on any atom is -0.441 e. The first-order valence-corrected chi connectivity index (χ1v) is 10.3. The van der Waals surface area contributed by atoms with Gasteiger partial charge in [0.15, 0.2) is 5.69 Å². The van der Waals surface area contributed by atoms with Crippen LogP contribution < -0.4 is 0 Å². The van der Waals surface area contributed by atoms with Crippen LogP contribution in [0.4, 0.5) is 0 Å². The fourth-order valence-electron chi connectivity index (χ4n) is 3.15. The highest BCUT2D eigenvalue weighted by Gasteiger charge is 2.20. The predicted octanol–water partition coefficient (Wildman–Crippen LogP) is 4.69. The first-order chi connectivity index (χ1) is 14.6. The molecule has 8 nitrogen and oxygen atoms in total. The van der Waals surface area contributed by atoms with E-state index in [0.717, 1.165) is 33.2 Å². The van der Waals surface area contributed by atoms with Gasteiger partial charge in [-0.05, 0) is 44.4 Å². The minimum atomic E-state index is 0.347. The number of rotatable bonds is 5. The summed E-state index contributed by atoms with van der Waals surface area (Å²) in [6.45, 7) is 6.30. The van der Waals surface area contributed by atoms with E-state index in [-0.39, 0.29) is 0 Å². The van der Waals surface area contributed by atoms with E-state index in [1.165, 1.54) is 0 Å². The molecule has 0 fully saturated rings. The SMILES string of the molecule is Cc1cccc(-c2nc(Cn3nnc(-c4nc(-c5cccs5)no4)c3C)c(C)o2)c1. The van der Waals surface area contributed by atoms with Crippen molar-refractivity contribution >= 4 is 11.3 Å². The molecule has 30 heavy (non-hydrogen) atoms. The topological polar surface area (TPSA) is 95.7 Å². The van der Waals surface area contributed by atoms with Crippen LogP contribution in [0.15, 0.2) is 50.7 Å². The van der Waals surface area contributed by atoms with Gasteiger partial charge in [0.1, 0.15) is 11.5 Å². The second-order valence-electron chi connectivity index (χ2n) is 6.97. The van der Waals surface area contributed by atoms with Gasteiger partial charge in [-0.25, -0.2) is 9.67 Å². The van der Waals surface area contributed by atoms with E-state index in [0.29, 0.717) is 29.8 Å². The molecule has 5 aromatic rings. The van der Waals surface area contributed by atoms with Crippen molar-refractivity contribution in [2.45, 2.75) is 27.3 Å². The standard InChI is InChI=1S/C21H18N6O2S/c1-12-6-4-7-15(10-12)20-22-16(14(3)28-20)11-27-13(2)18(24-26-27)21-23-19(25-29-21)17-8-5-9-30-17/h4-10H,11H2,1-3H3. The molecule has 0 bridgehead atoms. The summed E-state index contributed by atoms with van der Waals surface area (Å²) >= 11 is 1.55. The van der Waals surface area contributed by atoms with Crippen molar-refractivity contribution in [3.05, 3.63) is 64.5 Å². The predicted molar refractivity (Wildman–Crippen MR) is 112 cm³/mol. The van der Waals surface area contributed by atoms with Gasteiger partial charge in [0.05, 0.1) is 17.1 Å². The molecule has 0 N–H and O–H groups in total. The van der Waals surface area contributed by atoms with Crippen LogP contribution in [-0.2, 0) is 6.54 Å². The number of hydrogen-bond donors (Lipinski definition) is 0. The number of hydrogen-bond acceptors (Lipinski definition) is 8. The van der Waals surface area contributed by atoms with Gasteiger partial charge >= 0.3 is 0 Å². The molecule has 4 aromatic heterocycles. The van der Waals surface area contributed by atoms with E-state index >= 15 is 0 Å². The first-order valence-electron chi connectivity index (χ1n) is 9.40. The van der Waals surface area contributed by atoms with E-state index in [1.54, 1.807) is 16.0 Å². The average Bonchev–Trinajstić information content (AvgIpc) is 3.51. The summed E-state index contributed by atoms with van der Waals surface area (Å²) in [5, 5.41) is 14.5. The summed E-state index contributed by atoms with van der Waals surface area (Å²) < 4.78 is 13.1. The molecular weight excluding hydrogens is 400 g/mol. The highest BCUT2D eigenvalue weighted by Crippen LogP contribution is 2.27. The van der Waals surface area contributed by atoms with Crippen LogP contribution in [0, 0.1) is 20.8 Å². The number of oxazole rings is 1. The highest BCUT2D eigenvalue weighted by atomic mass is 32.1. The number of nitrogens with zero attached hydrogens (tertiary/aromatic N) is 6. The molecule has 0 aliphatic heterocycles. The molecule has 0 amide bonds. The summed E-state index contributed by atoms with van der Waals surface area (Å²) in [6.07, 6.45) is 0. The molecular formula is C21H18N6O2S. The van der Waals surface area contributed by atoms with E-state index in [9.17, 15) is 0 Å². The van der Waals surface area contributed by atoms with Crippen molar-refractivity contribution in [1.29, 1.82) is 0 Å². The highest BCUT2D eigenvalue weighted by molar-refractivity contribution is 7.13. The van der Waals surface area contributed by atoms with Crippen molar-refractivity contribution in [2.75, 3.05) is 0 Å². The van der Waals surface area contributed by atoms with Crippen LogP contribution >= 0.6 is 11.3 Å². The average molecular weight is 418 g/mol. The van der Waals surface area contributed by atoms with E-state index in [2.05, 4.69) is 31.5 Å². The molecule has 9 heteroatoms. The molecule has 5 rings (SSSR count). The molecule has 4 heterocycles. The second-order valence-corrected chi connectivity index (χ2v) is 7.92. The molecule has 0 saturated carbocycles. The molecule has 0 atom stereocenters. The van der Waals surface area contributed by atoms with Crippen molar-refractivity contribution in [1.82, 2.24) is 30.1 Å². The van der Waals surface area contributed by atoms with Crippen LogP contribution in [0.5, 0.6) is 0 Å². The Balaban J connectivity index is 1.41. The molecule has 1 aromatic carbocycles. The Labute approximate surface area is 176 Å². The zero-order valence-corrected chi connectivity index (χ0v) is 17.5. The number of aromatic nitrogens is 6. The maximum absolute atomic E-state index is 5.89. The van der Waals surface area contributed by atoms with Crippen LogP contribution in [0.2, 0.25) is 0 Å². The van der Waals surface area contributed by atoms with Gasteiger partial charge < -0.3 is 8.94 Å². The Kier molecular flexibility index (Phi) is 4.51. The van der Waals surface area contributed by atoms with E-state index in [1.807, 2.05) is 56.5 Å². The lowest BCUT2D eigenvalue weighted by molar-refractivity contribution is 0.431. The minimum absolute atomic E-state index is 0.347. The Bertz CT molecular complexity index is 1320. The van der Waals surface area contributed by atoms with E-state index in [4.69, 9.17) is 8.94 Å². The van der Waals surface area contributed by atoms with Crippen LogP contribution in [0.25, 0.3) is 33.7 Å². The largest absolute Gasteiger partial charge is 0.441 e. The third kappa shape index (κ3) is 3.33. The van der Waals surface area contributed by atoms with Gasteiger partial charge in [0, 0.05) is 5.56 Å². The normalized spacial score (nSPS) is 11.3. The van der Waals surface area contributed by atoms with Gasteiger partial charge in [-0.2, -0.15) is 4.98 Å². The summed E-state index contributed by atoms with van der Waals surface area (Å²) in [5.41, 5.74) is 4.28. The van der Waals surface area contributed by atoms with Crippen molar-refractivity contribution < 1.29 is 8.94 Å². The molecule has 0 aliphatic rings. The maximum atomic E-state index is 5.89. The Hall–Kier alpha value is -3.59. The summed E-state index contributed by atoms with van der Waals surface area (Å²) in [6, 6.07) is 12.0. The van der Waals surface area contributed by atoms with Crippen molar-refractivity contribution in [2.24, 2.45) is 0 Å². The quantitative estimate of drug-likeness (QED) is 0.409. The number of thiophene rings is 1. The molecule has 0 radical (unpaired) electrons. The lowest BCUT2D eigenvalue weighted by Gasteiger charge is -2.00. The molecule has 0 saturated heterocycles. The van der Waals surface area contributed by atoms with Crippen LogP contribution in [0.1, 0.15) is 22.7 Å². The monoisotopic (exact) mass is 418 g/mol. The summed E-state index contributed by atoms with van der Waals surface area (Å²) in [5.74, 6) is 2.24. The summed E-state index contributed by atoms with van der Waals surface area (Å²) in [7, 11) is 0. The lowest BCUT2D eigenvalue weighted by Crippen LogP contribution is -2.05. The van der Waals surface area contributed by atoms with Gasteiger partial charge in [-0.15, -0.1) is 16.4 Å². The van der Waals surface area contributed by atoms with Crippen molar-refractivity contribution in [3.63, 3.8) is 0 Å². The smallest absolute Gasteiger partial charge is 0.280 e. The molecule has 0 aliphatic carbocycles. The fraction of sp³-hybridized carbons (Fsp3) is 0.190. The summed E-state index contributed by atoms with van der Waals surface area (Å²) in [4.78, 5) is 10.1. The first kappa shape index (κ1) is 18.4. The van der Waals surface area contributed by atoms with Gasteiger partial charge in [0.2, 0.25) is 11.7 Å². The van der Waals surface area contributed by atoms with Gasteiger partial charge in [0.25, 0.3) is 5.89 Å². The number of aryl methyl sites for hydroxylation is 2. The molecule has 150 valence electrons. The third-order valence-corrected chi connectivity index (χ3v) is 5.68. The maximum Gasteiger partial charge on any atom is 0.280 e. The molecule has 0 unspecified atom stereocenters. The second kappa shape index (κ2) is 7.34. The molecule has 0 spiro atoms. The van der Waals surface area contributed by atoms with Crippen LogP contribution in [-0.4, -0.2) is 30.1 Å². The van der Waals surface area contributed by atoms with Gasteiger partial charge in [-0.1, -0.05) is 34.1 Å². The lowest BCUT2D eigenvalue weighted by atomic mass is 10.1. The van der Waals surface area contributed by atoms with Gasteiger partial charge in [-0.3, -0.25) is 0 Å². The van der Waals surface area contributed by atoms with Crippen LogP contribution in [0.3, 0.4) is 0 Å². The fourth-order valence-corrected chi connectivity index (χ4v) is 3.80. The zero-order chi connectivity index (χ0) is 20.7.